The number of halogens is 1. The Kier molecular flexibility index (Phi) is 4.13. The maximum atomic E-state index is 11.8. The van der Waals surface area contributed by atoms with Crippen LogP contribution in [-0.2, 0) is 4.79 Å². The van der Waals surface area contributed by atoms with E-state index in [1.165, 1.54) is 0 Å². The maximum Gasteiger partial charge on any atom is 0.246 e. The molecule has 1 aromatic rings. The van der Waals surface area contributed by atoms with E-state index in [2.05, 4.69) is 26.6 Å². The van der Waals surface area contributed by atoms with E-state index >= 15 is 0 Å². The molecule has 0 fully saturated rings. The number of amides is 1. The van der Waals surface area contributed by atoms with E-state index in [1.807, 2.05) is 31.0 Å². The number of rotatable bonds is 4. The fraction of sp³-hybridized carbons (Fsp3) is 0.462. The second-order valence-corrected chi connectivity index (χ2v) is 5.60. The van der Waals surface area contributed by atoms with Crippen LogP contribution in [0.4, 0.5) is 11.4 Å². The van der Waals surface area contributed by atoms with Crippen LogP contribution in [0.3, 0.4) is 0 Å². The van der Waals surface area contributed by atoms with Gasteiger partial charge in [0.2, 0.25) is 5.91 Å². The molecule has 19 heavy (non-hydrogen) atoms. The van der Waals surface area contributed by atoms with E-state index in [9.17, 15) is 9.90 Å². The lowest BCUT2D eigenvalue weighted by molar-refractivity contribution is -0.117. The van der Waals surface area contributed by atoms with Gasteiger partial charge < -0.3 is 20.6 Å². The topological polar surface area (TPSA) is 64.6 Å². The maximum absolute atomic E-state index is 11.8. The third-order valence-electron chi connectivity index (χ3n) is 3.54. The summed E-state index contributed by atoms with van der Waals surface area (Å²) in [6.45, 7) is 2.01. The molecule has 2 atom stereocenters. The zero-order valence-electron chi connectivity index (χ0n) is 11.2. The lowest BCUT2D eigenvalue weighted by Crippen LogP contribution is -2.32. The summed E-state index contributed by atoms with van der Waals surface area (Å²) in [5, 5.41) is 15.1. The Balaban J connectivity index is 2.41. The number of fused-ring (bicyclic) bond motifs is 1. The van der Waals surface area contributed by atoms with Crippen molar-refractivity contribution < 1.29 is 9.90 Å². The number of carbonyl (C=O) groups is 1. The summed E-state index contributed by atoms with van der Waals surface area (Å²) >= 11 is 3.53. The summed E-state index contributed by atoms with van der Waals surface area (Å²) < 4.78 is 0.908. The van der Waals surface area contributed by atoms with E-state index in [1.54, 1.807) is 7.05 Å². The van der Waals surface area contributed by atoms with Crippen LogP contribution in [-0.4, -0.2) is 37.8 Å². The highest BCUT2D eigenvalue weighted by Gasteiger charge is 2.30. The number of anilines is 2. The second kappa shape index (κ2) is 5.48. The highest BCUT2D eigenvalue weighted by molar-refractivity contribution is 9.10. The minimum absolute atomic E-state index is 0.00607. The molecule has 0 radical (unpaired) electrons. The van der Waals surface area contributed by atoms with E-state index in [0.717, 1.165) is 21.4 Å². The standard InChI is InChI=1S/C13H18BrN3O2/c1-7(6-18)17(3)11-5-10-8(4-9(11)14)12(15-2)13(19)16-10/h4-5,7,12,15,18H,6H2,1-3H3,(H,16,19). The van der Waals surface area contributed by atoms with E-state index in [4.69, 9.17) is 0 Å². The molecular weight excluding hydrogens is 310 g/mol. The molecule has 1 aliphatic rings. The van der Waals surface area contributed by atoms with Gasteiger partial charge in [-0.3, -0.25) is 4.79 Å². The number of aliphatic hydroxyl groups excluding tert-OH is 1. The molecule has 1 heterocycles. The van der Waals surface area contributed by atoms with Gasteiger partial charge in [-0.25, -0.2) is 0 Å². The van der Waals surface area contributed by atoms with Crippen molar-refractivity contribution in [2.75, 3.05) is 30.9 Å². The van der Waals surface area contributed by atoms with Crippen LogP contribution in [0.2, 0.25) is 0 Å². The van der Waals surface area contributed by atoms with Crippen molar-refractivity contribution in [1.82, 2.24) is 5.32 Å². The molecule has 1 aliphatic heterocycles. The van der Waals surface area contributed by atoms with E-state index in [0.29, 0.717) is 0 Å². The van der Waals surface area contributed by atoms with Gasteiger partial charge in [0.1, 0.15) is 6.04 Å². The molecule has 0 bridgehead atoms. The van der Waals surface area contributed by atoms with E-state index in [-0.39, 0.29) is 24.6 Å². The number of nitrogens with one attached hydrogen (secondary N) is 2. The van der Waals surface area contributed by atoms with Gasteiger partial charge in [0.15, 0.2) is 0 Å². The molecule has 0 aromatic heterocycles. The Labute approximate surface area is 121 Å². The number of carbonyl (C=O) groups excluding carboxylic acids is 1. The second-order valence-electron chi connectivity index (χ2n) is 4.74. The Morgan fingerprint density at radius 1 is 1.58 bits per heavy atom. The first kappa shape index (κ1) is 14.3. The third-order valence-corrected chi connectivity index (χ3v) is 4.18. The molecule has 0 saturated carbocycles. The van der Waals surface area contributed by atoms with Crippen LogP contribution in [0.15, 0.2) is 16.6 Å². The molecule has 0 saturated heterocycles. The van der Waals surface area contributed by atoms with Crippen LogP contribution in [0.5, 0.6) is 0 Å². The van der Waals surface area contributed by atoms with Crippen molar-refractivity contribution in [1.29, 1.82) is 0 Å². The van der Waals surface area contributed by atoms with Crippen LogP contribution in [0.1, 0.15) is 18.5 Å². The predicted molar refractivity (Wildman–Crippen MR) is 79.5 cm³/mol. The molecule has 104 valence electrons. The molecule has 0 spiro atoms. The Hall–Kier alpha value is -1.11. The minimum Gasteiger partial charge on any atom is -0.394 e. The molecule has 5 nitrogen and oxygen atoms in total. The van der Waals surface area contributed by atoms with Gasteiger partial charge in [0.05, 0.1) is 12.3 Å². The first-order chi connectivity index (χ1) is 8.99. The molecule has 1 amide bonds. The first-order valence-corrected chi connectivity index (χ1v) is 6.94. The highest BCUT2D eigenvalue weighted by atomic mass is 79.9. The summed E-state index contributed by atoms with van der Waals surface area (Å²) in [7, 11) is 3.68. The quantitative estimate of drug-likeness (QED) is 0.783. The molecule has 2 rings (SSSR count). The number of nitrogens with zero attached hydrogens (tertiary/aromatic N) is 1. The number of benzene rings is 1. The normalized spacial score (nSPS) is 19.0. The smallest absolute Gasteiger partial charge is 0.246 e. The largest absolute Gasteiger partial charge is 0.394 e. The highest BCUT2D eigenvalue weighted by Crippen LogP contribution is 2.39. The molecule has 6 heteroatoms. The summed E-state index contributed by atoms with van der Waals surface area (Å²) in [5.74, 6) is -0.0422. The van der Waals surface area contributed by atoms with Crippen molar-refractivity contribution >= 4 is 33.2 Å². The SMILES string of the molecule is CNC1C(=O)Nc2cc(N(C)C(C)CO)c(Br)cc21. The average molecular weight is 328 g/mol. The summed E-state index contributed by atoms with van der Waals surface area (Å²) in [4.78, 5) is 13.8. The van der Waals surface area contributed by atoms with Gasteiger partial charge in [-0.15, -0.1) is 0 Å². The van der Waals surface area contributed by atoms with Crippen LogP contribution in [0.25, 0.3) is 0 Å². The lowest BCUT2D eigenvalue weighted by atomic mass is 10.1. The lowest BCUT2D eigenvalue weighted by Gasteiger charge is -2.27. The van der Waals surface area contributed by atoms with Crippen molar-refractivity contribution in [2.24, 2.45) is 0 Å². The number of hydrogen-bond acceptors (Lipinski definition) is 4. The molecule has 2 unspecified atom stereocenters. The summed E-state index contributed by atoms with van der Waals surface area (Å²) in [6.07, 6.45) is 0. The Bertz CT molecular complexity index is 507. The van der Waals surface area contributed by atoms with Crippen molar-refractivity contribution in [3.8, 4) is 0 Å². The zero-order chi connectivity index (χ0) is 14.2. The fourth-order valence-corrected chi connectivity index (χ4v) is 2.83. The van der Waals surface area contributed by atoms with Gasteiger partial charge in [0, 0.05) is 28.8 Å². The van der Waals surface area contributed by atoms with Gasteiger partial charge in [-0.2, -0.15) is 0 Å². The molecule has 1 aromatic carbocycles. The van der Waals surface area contributed by atoms with Crippen molar-refractivity contribution in [2.45, 2.75) is 19.0 Å². The van der Waals surface area contributed by atoms with Crippen LogP contribution < -0.4 is 15.5 Å². The van der Waals surface area contributed by atoms with Gasteiger partial charge in [-0.05, 0) is 42.0 Å². The van der Waals surface area contributed by atoms with E-state index < -0.39 is 0 Å². The van der Waals surface area contributed by atoms with Crippen molar-refractivity contribution in [3.05, 3.63) is 22.2 Å². The zero-order valence-corrected chi connectivity index (χ0v) is 12.8. The minimum atomic E-state index is -0.305. The third kappa shape index (κ3) is 2.48. The number of hydrogen-bond donors (Lipinski definition) is 3. The molecular formula is C13H18BrN3O2. The number of likely N-dealkylation sites (N-methyl/N-ethyl adjacent to an activating group) is 2. The van der Waals surface area contributed by atoms with Crippen LogP contribution >= 0.6 is 15.9 Å². The molecule has 0 aliphatic carbocycles. The molecule has 3 N–H and O–H groups in total. The van der Waals surface area contributed by atoms with Gasteiger partial charge in [0.25, 0.3) is 0 Å². The average Bonchev–Trinajstić information content (AvgIpc) is 2.70. The Morgan fingerprint density at radius 3 is 2.84 bits per heavy atom. The first-order valence-electron chi connectivity index (χ1n) is 6.14. The monoisotopic (exact) mass is 327 g/mol. The Morgan fingerprint density at radius 2 is 2.26 bits per heavy atom. The number of aliphatic hydroxyl groups is 1. The predicted octanol–water partition coefficient (Wildman–Crippen LogP) is 1.48. The van der Waals surface area contributed by atoms with Crippen molar-refractivity contribution in [3.63, 3.8) is 0 Å². The van der Waals surface area contributed by atoms with Gasteiger partial charge >= 0.3 is 0 Å². The summed E-state index contributed by atoms with van der Waals surface area (Å²) in [5.41, 5.74) is 2.70. The summed E-state index contributed by atoms with van der Waals surface area (Å²) in [6, 6.07) is 3.58. The fourth-order valence-electron chi connectivity index (χ4n) is 2.19. The van der Waals surface area contributed by atoms with Crippen LogP contribution in [0, 0.1) is 0 Å². The van der Waals surface area contributed by atoms with Gasteiger partial charge in [-0.1, -0.05) is 0 Å².